The first kappa shape index (κ1) is 20.2. The number of hydrogen-bond donors (Lipinski definition) is 0. The molecule has 2 aliphatic rings. The van der Waals surface area contributed by atoms with Crippen LogP contribution in [0.5, 0.6) is 0 Å². The largest absolute Gasteiger partial charge is 0.335 e. The number of rotatable bonds is 5. The zero-order chi connectivity index (χ0) is 21.4. The third-order valence-corrected chi connectivity index (χ3v) is 6.88. The molecule has 0 bridgehead atoms. The van der Waals surface area contributed by atoms with Crippen molar-refractivity contribution in [3.05, 3.63) is 53.9 Å². The zero-order valence-corrected chi connectivity index (χ0v) is 18.1. The van der Waals surface area contributed by atoms with Gasteiger partial charge in [0.1, 0.15) is 18.2 Å². The molecule has 0 radical (unpaired) electrons. The molecule has 1 aliphatic heterocycles. The smallest absolute Gasteiger partial charge is 0.272 e. The maximum absolute atomic E-state index is 13.6. The van der Waals surface area contributed by atoms with E-state index in [0.29, 0.717) is 23.3 Å². The molecule has 1 aliphatic carbocycles. The summed E-state index contributed by atoms with van der Waals surface area (Å²) in [5.41, 5.74) is 2.13. The Hall–Kier alpha value is -2.73. The second kappa shape index (κ2) is 8.42. The van der Waals surface area contributed by atoms with Gasteiger partial charge in [0.15, 0.2) is 0 Å². The Labute approximate surface area is 182 Å². The van der Waals surface area contributed by atoms with Gasteiger partial charge in [-0.15, -0.1) is 0 Å². The molecular weight excluding hydrogens is 391 g/mol. The predicted molar refractivity (Wildman–Crippen MR) is 121 cm³/mol. The first-order chi connectivity index (χ1) is 15.2. The summed E-state index contributed by atoms with van der Waals surface area (Å²) in [6.07, 6.45) is 3.89. The van der Waals surface area contributed by atoms with Gasteiger partial charge in [0, 0.05) is 37.8 Å². The van der Waals surface area contributed by atoms with Crippen LogP contribution < -0.4 is 0 Å². The maximum atomic E-state index is 13.6. The molecular formula is C25H29FN4O. The van der Waals surface area contributed by atoms with Crippen molar-refractivity contribution in [1.82, 2.24) is 19.4 Å². The third kappa shape index (κ3) is 3.63. The Morgan fingerprint density at radius 2 is 1.81 bits per heavy atom. The van der Waals surface area contributed by atoms with Crippen LogP contribution in [0.1, 0.15) is 35.4 Å². The minimum atomic E-state index is -0.538. The summed E-state index contributed by atoms with van der Waals surface area (Å²) in [5.74, 6) is 0.640. The first-order valence-corrected chi connectivity index (χ1v) is 11.3. The summed E-state index contributed by atoms with van der Waals surface area (Å²) in [6, 6.07) is 14.9. The molecule has 31 heavy (non-hydrogen) atoms. The fourth-order valence-electron chi connectivity index (χ4n) is 4.96. The van der Waals surface area contributed by atoms with E-state index in [2.05, 4.69) is 23.1 Å². The van der Waals surface area contributed by atoms with Gasteiger partial charge >= 0.3 is 0 Å². The SMILES string of the molecule is Cc1nc(-c2cccc3ccccc23)n(CCF)c1C(=O)N1CCN(C2CCC2)CC1. The molecule has 5 nitrogen and oxygen atoms in total. The summed E-state index contributed by atoms with van der Waals surface area (Å²) in [6.45, 7) is 4.73. The number of carbonyl (C=O) groups excluding carboxylic acids is 1. The lowest BCUT2D eigenvalue weighted by atomic mass is 9.91. The number of alkyl halides is 1. The van der Waals surface area contributed by atoms with E-state index in [1.165, 1.54) is 19.3 Å². The van der Waals surface area contributed by atoms with Crippen molar-refractivity contribution in [3.63, 3.8) is 0 Å². The van der Waals surface area contributed by atoms with E-state index in [0.717, 1.165) is 42.5 Å². The maximum Gasteiger partial charge on any atom is 0.272 e. The predicted octanol–water partition coefficient (Wildman–Crippen LogP) is 4.29. The van der Waals surface area contributed by atoms with Crippen molar-refractivity contribution in [2.45, 2.75) is 38.8 Å². The lowest BCUT2D eigenvalue weighted by molar-refractivity contribution is 0.0447. The molecule has 162 valence electrons. The highest BCUT2D eigenvalue weighted by Crippen LogP contribution is 2.31. The second-order valence-corrected chi connectivity index (χ2v) is 8.65. The number of imidazole rings is 1. The summed E-state index contributed by atoms with van der Waals surface area (Å²) in [7, 11) is 0. The number of halogens is 1. The Bertz CT molecular complexity index is 1090. The van der Waals surface area contributed by atoms with Gasteiger partial charge < -0.3 is 9.47 Å². The highest BCUT2D eigenvalue weighted by atomic mass is 19.1. The Balaban J connectivity index is 1.48. The van der Waals surface area contributed by atoms with Gasteiger partial charge in [0.05, 0.1) is 12.2 Å². The highest BCUT2D eigenvalue weighted by molar-refractivity contribution is 5.98. The van der Waals surface area contributed by atoms with Crippen LogP contribution in [-0.2, 0) is 6.54 Å². The zero-order valence-electron chi connectivity index (χ0n) is 18.1. The molecule has 1 saturated carbocycles. The molecule has 2 heterocycles. The molecule has 1 aromatic heterocycles. The fraction of sp³-hybridized carbons (Fsp3) is 0.440. The fourth-order valence-corrected chi connectivity index (χ4v) is 4.96. The van der Waals surface area contributed by atoms with Crippen molar-refractivity contribution >= 4 is 16.7 Å². The van der Waals surface area contributed by atoms with Crippen molar-refractivity contribution in [2.75, 3.05) is 32.9 Å². The van der Waals surface area contributed by atoms with Gasteiger partial charge in [-0.2, -0.15) is 0 Å². The van der Waals surface area contributed by atoms with E-state index < -0.39 is 6.67 Å². The normalized spacial score (nSPS) is 17.8. The van der Waals surface area contributed by atoms with Crippen molar-refractivity contribution in [3.8, 4) is 11.4 Å². The van der Waals surface area contributed by atoms with Crippen LogP contribution in [0.15, 0.2) is 42.5 Å². The number of aryl methyl sites for hydroxylation is 1. The highest BCUT2D eigenvalue weighted by Gasteiger charge is 2.32. The van der Waals surface area contributed by atoms with E-state index in [1.54, 1.807) is 4.57 Å². The van der Waals surface area contributed by atoms with Gasteiger partial charge in [-0.25, -0.2) is 9.37 Å². The van der Waals surface area contributed by atoms with Crippen LogP contribution >= 0.6 is 0 Å². The number of benzene rings is 2. The molecule has 2 fully saturated rings. The number of hydrogen-bond acceptors (Lipinski definition) is 3. The van der Waals surface area contributed by atoms with Crippen LogP contribution in [0.4, 0.5) is 4.39 Å². The number of nitrogens with zero attached hydrogens (tertiary/aromatic N) is 4. The molecule has 1 amide bonds. The first-order valence-electron chi connectivity index (χ1n) is 11.3. The van der Waals surface area contributed by atoms with E-state index >= 15 is 0 Å². The molecule has 3 aromatic rings. The van der Waals surface area contributed by atoms with Crippen molar-refractivity contribution < 1.29 is 9.18 Å². The van der Waals surface area contributed by atoms with Crippen LogP contribution in [0.2, 0.25) is 0 Å². The number of fused-ring (bicyclic) bond motifs is 1. The minimum Gasteiger partial charge on any atom is -0.335 e. The van der Waals surface area contributed by atoms with Gasteiger partial charge in [0.2, 0.25) is 0 Å². The number of piperazine rings is 1. The monoisotopic (exact) mass is 420 g/mol. The molecule has 2 aromatic carbocycles. The average molecular weight is 421 g/mol. The van der Waals surface area contributed by atoms with Crippen LogP contribution in [-0.4, -0.2) is 64.2 Å². The van der Waals surface area contributed by atoms with Gasteiger partial charge in [-0.1, -0.05) is 48.9 Å². The van der Waals surface area contributed by atoms with E-state index in [1.807, 2.05) is 36.1 Å². The number of carbonyl (C=O) groups is 1. The van der Waals surface area contributed by atoms with Crippen molar-refractivity contribution in [1.29, 1.82) is 0 Å². The quantitative estimate of drug-likeness (QED) is 0.618. The molecule has 5 rings (SSSR count). The molecule has 0 atom stereocenters. The van der Waals surface area contributed by atoms with E-state index in [9.17, 15) is 9.18 Å². The summed E-state index contributed by atoms with van der Waals surface area (Å²) in [5, 5.41) is 2.16. The van der Waals surface area contributed by atoms with Crippen LogP contribution in [0.3, 0.4) is 0 Å². The summed E-state index contributed by atoms with van der Waals surface area (Å²) >= 11 is 0. The van der Waals surface area contributed by atoms with Crippen LogP contribution in [0, 0.1) is 6.92 Å². The molecule has 1 saturated heterocycles. The molecule has 0 spiro atoms. The van der Waals surface area contributed by atoms with Crippen LogP contribution in [0.25, 0.3) is 22.2 Å². The Morgan fingerprint density at radius 1 is 1.06 bits per heavy atom. The van der Waals surface area contributed by atoms with E-state index in [-0.39, 0.29) is 12.5 Å². The minimum absolute atomic E-state index is 0.0294. The average Bonchev–Trinajstić information content (AvgIpc) is 3.08. The lowest BCUT2D eigenvalue weighted by Crippen LogP contribution is -2.53. The number of amides is 1. The number of aromatic nitrogens is 2. The third-order valence-electron chi connectivity index (χ3n) is 6.88. The van der Waals surface area contributed by atoms with Crippen molar-refractivity contribution in [2.24, 2.45) is 0 Å². The Morgan fingerprint density at radius 3 is 2.52 bits per heavy atom. The van der Waals surface area contributed by atoms with Gasteiger partial charge in [0.25, 0.3) is 5.91 Å². The molecule has 0 unspecified atom stereocenters. The van der Waals surface area contributed by atoms with E-state index in [4.69, 9.17) is 4.98 Å². The summed E-state index contributed by atoms with van der Waals surface area (Å²) in [4.78, 5) is 22.7. The Kier molecular flexibility index (Phi) is 5.48. The summed E-state index contributed by atoms with van der Waals surface area (Å²) < 4.78 is 15.4. The molecule has 6 heteroatoms. The topological polar surface area (TPSA) is 41.4 Å². The lowest BCUT2D eigenvalue weighted by Gasteiger charge is -2.43. The molecule has 0 N–H and O–H groups in total. The van der Waals surface area contributed by atoms with Gasteiger partial charge in [-0.3, -0.25) is 9.69 Å². The standard InChI is InChI=1S/C25H29FN4O/c1-18-23(25(31)29-16-14-28(15-17-29)20-8-5-9-20)30(13-12-26)24(27-18)22-11-4-7-19-6-2-3-10-21(19)22/h2-4,6-7,10-11,20H,5,8-9,12-17H2,1H3. The second-order valence-electron chi connectivity index (χ2n) is 8.65. The van der Waals surface area contributed by atoms with Gasteiger partial charge in [-0.05, 0) is 30.5 Å².